The number of thiazole rings is 1. The van der Waals surface area contributed by atoms with E-state index in [1.165, 1.54) is 28.0 Å². The standard InChI is InChI=1S/C15H20N2S/c1-4-7-16-9-13-10-17-15(18-13)14-6-5-11(2)8-12(14)3/h5-6,8,10,16H,4,7,9H2,1-3H3. The normalized spacial score (nSPS) is 10.8. The number of hydrogen-bond donors (Lipinski definition) is 1. The van der Waals surface area contributed by atoms with Crippen molar-refractivity contribution in [3.05, 3.63) is 40.4 Å². The predicted molar refractivity (Wildman–Crippen MR) is 79.0 cm³/mol. The number of aromatic nitrogens is 1. The van der Waals surface area contributed by atoms with Crippen molar-refractivity contribution < 1.29 is 0 Å². The van der Waals surface area contributed by atoms with Crippen LogP contribution >= 0.6 is 11.3 Å². The number of hydrogen-bond acceptors (Lipinski definition) is 3. The summed E-state index contributed by atoms with van der Waals surface area (Å²) in [5.74, 6) is 0. The summed E-state index contributed by atoms with van der Waals surface area (Å²) in [6, 6.07) is 6.54. The quantitative estimate of drug-likeness (QED) is 0.824. The molecule has 1 aromatic heterocycles. The van der Waals surface area contributed by atoms with Crippen molar-refractivity contribution in [3.63, 3.8) is 0 Å². The fourth-order valence-corrected chi connectivity index (χ4v) is 2.93. The van der Waals surface area contributed by atoms with Gasteiger partial charge in [-0.3, -0.25) is 0 Å². The van der Waals surface area contributed by atoms with E-state index >= 15 is 0 Å². The fourth-order valence-electron chi connectivity index (χ4n) is 1.96. The number of nitrogens with one attached hydrogen (secondary N) is 1. The molecule has 0 saturated heterocycles. The molecule has 2 nitrogen and oxygen atoms in total. The average molecular weight is 260 g/mol. The third-order valence-corrected chi connectivity index (χ3v) is 3.92. The van der Waals surface area contributed by atoms with Gasteiger partial charge in [0.25, 0.3) is 0 Å². The van der Waals surface area contributed by atoms with Crippen molar-refractivity contribution in [2.45, 2.75) is 33.7 Å². The topological polar surface area (TPSA) is 24.9 Å². The van der Waals surface area contributed by atoms with E-state index in [0.29, 0.717) is 0 Å². The summed E-state index contributed by atoms with van der Waals surface area (Å²) in [7, 11) is 0. The van der Waals surface area contributed by atoms with Gasteiger partial charge in [-0.2, -0.15) is 0 Å². The van der Waals surface area contributed by atoms with E-state index in [4.69, 9.17) is 0 Å². The SMILES string of the molecule is CCCNCc1cnc(-c2ccc(C)cc2C)s1. The number of benzene rings is 1. The van der Waals surface area contributed by atoms with E-state index in [1.807, 2.05) is 6.20 Å². The van der Waals surface area contributed by atoms with E-state index < -0.39 is 0 Å². The van der Waals surface area contributed by atoms with Gasteiger partial charge in [0.05, 0.1) is 0 Å². The first-order valence-corrected chi connectivity index (χ1v) is 7.25. The summed E-state index contributed by atoms with van der Waals surface area (Å²) in [4.78, 5) is 5.84. The molecule has 0 aliphatic heterocycles. The van der Waals surface area contributed by atoms with Gasteiger partial charge < -0.3 is 5.32 Å². The molecule has 0 amide bonds. The minimum absolute atomic E-state index is 0.927. The van der Waals surface area contributed by atoms with Crippen LogP contribution in [-0.2, 0) is 6.54 Å². The van der Waals surface area contributed by atoms with Gasteiger partial charge in [-0.1, -0.05) is 30.7 Å². The van der Waals surface area contributed by atoms with Gasteiger partial charge in [-0.15, -0.1) is 11.3 Å². The lowest BCUT2D eigenvalue weighted by Crippen LogP contribution is -2.12. The Balaban J connectivity index is 2.13. The molecule has 2 rings (SSSR count). The summed E-state index contributed by atoms with van der Waals surface area (Å²) >= 11 is 1.78. The van der Waals surface area contributed by atoms with Crippen LogP contribution in [0, 0.1) is 13.8 Å². The smallest absolute Gasteiger partial charge is 0.123 e. The number of aryl methyl sites for hydroxylation is 2. The molecule has 3 heteroatoms. The molecule has 0 fully saturated rings. The molecule has 0 bridgehead atoms. The summed E-state index contributed by atoms with van der Waals surface area (Å²) in [6.07, 6.45) is 3.16. The maximum atomic E-state index is 4.53. The summed E-state index contributed by atoms with van der Waals surface area (Å²) in [5, 5.41) is 4.54. The lowest BCUT2D eigenvalue weighted by molar-refractivity contribution is 0.681. The zero-order valence-corrected chi connectivity index (χ0v) is 12.1. The van der Waals surface area contributed by atoms with Gasteiger partial charge in [0, 0.05) is 23.2 Å². The Kier molecular flexibility index (Phi) is 4.50. The molecule has 0 spiro atoms. The molecule has 0 atom stereocenters. The first-order valence-electron chi connectivity index (χ1n) is 6.43. The van der Waals surface area contributed by atoms with Crippen LogP contribution < -0.4 is 5.32 Å². The number of rotatable bonds is 5. The second-order valence-electron chi connectivity index (χ2n) is 4.63. The molecule has 18 heavy (non-hydrogen) atoms. The van der Waals surface area contributed by atoms with Crippen LogP contribution in [-0.4, -0.2) is 11.5 Å². The largest absolute Gasteiger partial charge is 0.312 e. The van der Waals surface area contributed by atoms with E-state index in [-0.39, 0.29) is 0 Å². The molecular weight excluding hydrogens is 240 g/mol. The molecule has 0 unspecified atom stereocenters. The van der Waals surface area contributed by atoms with Crippen molar-refractivity contribution in [2.24, 2.45) is 0 Å². The van der Waals surface area contributed by atoms with Gasteiger partial charge in [0.1, 0.15) is 5.01 Å². The average Bonchev–Trinajstić information content (AvgIpc) is 2.78. The van der Waals surface area contributed by atoms with E-state index in [9.17, 15) is 0 Å². The van der Waals surface area contributed by atoms with Crippen LogP contribution in [0.1, 0.15) is 29.3 Å². The van der Waals surface area contributed by atoms with Crippen molar-refractivity contribution in [2.75, 3.05) is 6.54 Å². The van der Waals surface area contributed by atoms with Crippen molar-refractivity contribution >= 4 is 11.3 Å². The van der Waals surface area contributed by atoms with E-state index in [2.05, 4.69) is 49.3 Å². The van der Waals surface area contributed by atoms with Crippen molar-refractivity contribution in [1.29, 1.82) is 0 Å². The van der Waals surface area contributed by atoms with Gasteiger partial charge >= 0.3 is 0 Å². The molecule has 0 aliphatic carbocycles. The van der Waals surface area contributed by atoms with Crippen LogP contribution in [0.2, 0.25) is 0 Å². The minimum Gasteiger partial charge on any atom is -0.312 e. The Hall–Kier alpha value is -1.19. The first-order chi connectivity index (χ1) is 8.70. The van der Waals surface area contributed by atoms with Crippen LogP contribution in [0.3, 0.4) is 0 Å². The number of nitrogens with zero attached hydrogens (tertiary/aromatic N) is 1. The highest BCUT2D eigenvalue weighted by Crippen LogP contribution is 2.28. The summed E-state index contributed by atoms with van der Waals surface area (Å²) < 4.78 is 0. The highest BCUT2D eigenvalue weighted by Gasteiger charge is 2.07. The van der Waals surface area contributed by atoms with Crippen LogP contribution in [0.4, 0.5) is 0 Å². The van der Waals surface area contributed by atoms with E-state index in [1.54, 1.807) is 11.3 Å². The van der Waals surface area contributed by atoms with Crippen molar-refractivity contribution in [1.82, 2.24) is 10.3 Å². The maximum Gasteiger partial charge on any atom is 0.123 e. The molecule has 1 heterocycles. The molecule has 96 valence electrons. The molecule has 1 N–H and O–H groups in total. The van der Waals surface area contributed by atoms with Gasteiger partial charge in [-0.25, -0.2) is 4.98 Å². The molecule has 0 saturated carbocycles. The van der Waals surface area contributed by atoms with E-state index in [0.717, 1.165) is 18.1 Å². The third kappa shape index (κ3) is 3.18. The third-order valence-electron chi connectivity index (χ3n) is 2.89. The molecule has 0 radical (unpaired) electrons. The van der Waals surface area contributed by atoms with Crippen LogP contribution in [0.25, 0.3) is 10.6 Å². The van der Waals surface area contributed by atoms with Crippen LogP contribution in [0.5, 0.6) is 0 Å². The fraction of sp³-hybridized carbons (Fsp3) is 0.400. The highest BCUT2D eigenvalue weighted by molar-refractivity contribution is 7.15. The Bertz CT molecular complexity index is 517. The lowest BCUT2D eigenvalue weighted by Gasteiger charge is -2.03. The molecule has 2 aromatic rings. The monoisotopic (exact) mass is 260 g/mol. The Labute approximate surface area is 113 Å². The van der Waals surface area contributed by atoms with Crippen molar-refractivity contribution in [3.8, 4) is 10.6 Å². The Morgan fingerprint density at radius 3 is 2.83 bits per heavy atom. The lowest BCUT2D eigenvalue weighted by atomic mass is 10.1. The predicted octanol–water partition coefficient (Wildman–Crippen LogP) is 3.93. The summed E-state index contributed by atoms with van der Waals surface area (Å²) in [6.45, 7) is 8.45. The van der Waals surface area contributed by atoms with Gasteiger partial charge in [0.2, 0.25) is 0 Å². The second kappa shape index (κ2) is 6.12. The second-order valence-corrected chi connectivity index (χ2v) is 5.74. The highest BCUT2D eigenvalue weighted by atomic mass is 32.1. The van der Waals surface area contributed by atoms with Gasteiger partial charge in [-0.05, 0) is 32.4 Å². The maximum absolute atomic E-state index is 4.53. The summed E-state index contributed by atoms with van der Waals surface area (Å²) in [5.41, 5.74) is 3.86. The zero-order chi connectivity index (χ0) is 13.0. The zero-order valence-electron chi connectivity index (χ0n) is 11.3. The Morgan fingerprint density at radius 2 is 2.11 bits per heavy atom. The minimum atomic E-state index is 0.927. The first kappa shape index (κ1) is 13.2. The molecular formula is C15H20N2S. The molecule has 1 aromatic carbocycles. The van der Waals surface area contributed by atoms with Crippen LogP contribution in [0.15, 0.2) is 24.4 Å². The molecule has 0 aliphatic rings. The van der Waals surface area contributed by atoms with Gasteiger partial charge in [0.15, 0.2) is 0 Å². The Morgan fingerprint density at radius 1 is 1.28 bits per heavy atom.